The summed E-state index contributed by atoms with van der Waals surface area (Å²) < 4.78 is 21.4. The van der Waals surface area contributed by atoms with Crippen molar-refractivity contribution in [3.8, 4) is 0 Å². The van der Waals surface area contributed by atoms with E-state index in [9.17, 15) is 14.0 Å². The fourth-order valence-electron chi connectivity index (χ4n) is 1.93. The summed E-state index contributed by atoms with van der Waals surface area (Å²) in [6.07, 6.45) is 11.4. The number of carbonyl (C=O) groups excluding carboxylic acids is 2. The first-order valence-corrected chi connectivity index (χ1v) is 15.0. The Morgan fingerprint density at radius 1 is 0.738 bits per heavy atom. The molecule has 42 heavy (non-hydrogen) atoms. The summed E-state index contributed by atoms with van der Waals surface area (Å²) in [6.45, 7) is 41.3. The van der Waals surface area contributed by atoms with Gasteiger partial charge in [-0.2, -0.15) is 0 Å². The second-order valence-electron chi connectivity index (χ2n) is 16.3. The molecule has 1 saturated carbocycles. The Bertz CT molecular complexity index is 823. The van der Waals surface area contributed by atoms with Crippen molar-refractivity contribution in [2.45, 2.75) is 137 Å². The number of carbonyl (C=O) groups is 2. The van der Waals surface area contributed by atoms with Crippen molar-refractivity contribution < 1.29 is 23.5 Å². The Balaban J connectivity index is -0.000000220. The molecule has 0 aromatic rings. The van der Waals surface area contributed by atoms with E-state index in [1.54, 1.807) is 20.8 Å². The van der Waals surface area contributed by atoms with Crippen molar-refractivity contribution in [2.24, 2.45) is 33.0 Å². The molecule has 0 amide bonds. The molecule has 1 aliphatic carbocycles. The van der Waals surface area contributed by atoms with Gasteiger partial charge < -0.3 is 9.47 Å². The number of ether oxygens (including phenoxy) is 2. The van der Waals surface area contributed by atoms with Crippen LogP contribution in [0.15, 0.2) is 49.4 Å². The van der Waals surface area contributed by atoms with E-state index in [1.807, 2.05) is 73.6 Å². The van der Waals surface area contributed by atoms with Crippen LogP contribution in [0.1, 0.15) is 131 Å². The number of rotatable bonds is 3. The zero-order chi connectivity index (χ0) is 34.8. The van der Waals surface area contributed by atoms with Gasteiger partial charge in [0.15, 0.2) is 0 Å². The Labute approximate surface area is 261 Å². The topological polar surface area (TPSA) is 52.6 Å². The normalized spacial score (nSPS) is 13.7. The molecule has 0 bridgehead atoms. The SMILES string of the molecule is C=C(F)C(C)(C)C.C=CC(C)(C)C.CC(C)(C)C1CC1.CC(C)OC(=O)/C=C/C(C)(C)C.COC(=O)/C=C/C(C)(C)C. The molecule has 0 aromatic heterocycles. The first-order valence-electron chi connectivity index (χ1n) is 15.0. The largest absolute Gasteiger partial charge is 0.466 e. The van der Waals surface area contributed by atoms with Gasteiger partial charge in [-0.15, -0.1) is 6.58 Å². The lowest BCUT2D eigenvalue weighted by atomic mass is 9.91. The summed E-state index contributed by atoms with van der Waals surface area (Å²) >= 11 is 0. The van der Waals surface area contributed by atoms with Crippen molar-refractivity contribution in [2.75, 3.05) is 7.11 Å². The number of methoxy groups -OCH3 is 1. The first kappa shape index (κ1) is 46.8. The average molecular weight is 597 g/mol. The zero-order valence-electron chi connectivity index (χ0n) is 30.9. The maximum atomic E-state index is 12.0. The molecule has 1 aliphatic rings. The van der Waals surface area contributed by atoms with Crippen LogP contribution in [0, 0.1) is 33.0 Å². The van der Waals surface area contributed by atoms with Crippen LogP contribution in [-0.4, -0.2) is 25.2 Å². The van der Waals surface area contributed by atoms with Gasteiger partial charge in [-0.3, -0.25) is 0 Å². The third-order valence-electron chi connectivity index (χ3n) is 5.22. The van der Waals surface area contributed by atoms with Crippen LogP contribution in [-0.2, 0) is 19.1 Å². The second-order valence-corrected chi connectivity index (χ2v) is 16.3. The van der Waals surface area contributed by atoms with Crippen LogP contribution in [0.3, 0.4) is 0 Å². The molecule has 0 unspecified atom stereocenters. The minimum Gasteiger partial charge on any atom is -0.466 e. The summed E-state index contributed by atoms with van der Waals surface area (Å²) in [5.41, 5.74) is 0.643. The molecule has 0 radical (unpaired) electrons. The number of hydrogen-bond donors (Lipinski definition) is 0. The van der Waals surface area contributed by atoms with E-state index in [2.05, 4.69) is 59.4 Å². The van der Waals surface area contributed by atoms with E-state index in [1.165, 1.54) is 32.1 Å². The number of allylic oxidation sites excluding steroid dienone is 4. The molecule has 0 spiro atoms. The van der Waals surface area contributed by atoms with E-state index in [4.69, 9.17) is 4.74 Å². The Morgan fingerprint density at radius 2 is 1.05 bits per heavy atom. The highest BCUT2D eigenvalue weighted by atomic mass is 19.1. The first-order chi connectivity index (χ1) is 18.4. The smallest absolute Gasteiger partial charge is 0.330 e. The van der Waals surface area contributed by atoms with Gasteiger partial charge in [-0.25, -0.2) is 14.0 Å². The van der Waals surface area contributed by atoms with Crippen LogP contribution in [0.5, 0.6) is 0 Å². The van der Waals surface area contributed by atoms with Gasteiger partial charge >= 0.3 is 11.9 Å². The summed E-state index contributed by atoms with van der Waals surface area (Å²) in [5.74, 6) is 0.231. The van der Waals surface area contributed by atoms with Crippen LogP contribution in [0.2, 0.25) is 0 Å². The monoisotopic (exact) mass is 597 g/mol. The maximum Gasteiger partial charge on any atom is 0.330 e. The average Bonchev–Trinajstić information content (AvgIpc) is 3.61. The number of esters is 2. The summed E-state index contributed by atoms with van der Waals surface area (Å²) in [4.78, 5) is 21.5. The zero-order valence-corrected chi connectivity index (χ0v) is 30.9. The Kier molecular flexibility index (Phi) is 23.0. The van der Waals surface area contributed by atoms with E-state index in [0.29, 0.717) is 10.8 Å². The number of hydrogen-bond acceptors (Lipinski definition) is 4. The van der Waals surface area contributed by atoms with Crippen molar-refractivity contribution >= 4 is 11.9 Å². The lowest BCUT2D eigenvalue weighted by Gasteiger charge is -2.15. The molecule has 248 valence electrons. The van der Waals surface area contributed by atoms with Crippen LogP contribution in [0.4, 0.5) is 4.39 Å². The van der Waals surface area contributed by atoms with Gasteiger partial charge in [0.05, 0.1) is 19.0 Å². The van der Waals surface area contributed by atoms with E-state index >= 15 is 0 Å². The van der Waals surface area contributed by atoms with Gasteiger partial charge in [-0.05, 0) is 54.3 Å². The standard InChI is InChI=1S/C10H18O2.C8H14O2.C7H14.C6H11F.C6H12/c1-8(2)12-9(11)6-7-10(3,4)5;1-8(2,3)6-5-7(9)10-4;1-7(2,3)6-4-5-6;1-5(7)6(2,3)4;1-5-6(2,3)4/h6-8H,1-5H3;5-6H,1-4H3;6H,4-5H2,1-3H3;1H2,2-4H3;5H,1H2,2-4H3/b7-6+;6-5+;;;. The molecule has 0 atom stereocenters. The molecule has 0 saturated heterocycles. The van der Waals surface area contributed by atoms with Gasteiger partial charge in [0.2, 0.25) is 0 Å². The third kappa shape index (κ3) is 44.8. The summed E-state index contributed by atoms with van der Waals surface area (Å²) in [5, 5.41) is 0. The lowest BCUT2D eigenvalue weighted by Crippen LogP contribution is -2.09. The molecule has 1 rings (SSSR count). The quantitative estimate of drug-likeness (QED) is 0.185. The molecule has 4 nitrogen and oxygen atoms in total. The lowest BCUT2D eigenvalue weighted by molar-refractivity contribution is -0.141. The van der Waals surface area contributed by atoms with Crippen molar-refractivity contribution in [3.63, 3.8) is 0 Å². The molecular formula is C37H69FO4. The third-order valence-corrected chi connectivity index (χ3v) is 5.22. The van der Waals surface area contributed by atoms with E-state index in [-0.39, 0.29) is 40.1 Å². The summed E-state index contributed by atoms with van der Waals surface area (Å²) in [7, 11) is 1.37. The van der Waals surface area contributed by atoms with E-state index in [0.717, 1.165) is 5.92 Å². The van der Waals surface area contributed by atoms with Crippen LogP contribution in [0.25, 0.3) is 0 Å². The highest BCUT2D eigenvalue weighted by molar-refractivity contribution is 5.82. The van der Waals surface area contributed by atoms with E-state index < -0.39 is 0 Å². The summed E-state index contributed by atoms with van der Waals surface area (Å²) in [6, 6.07) is 0. The molecule has 5 heteroatoms. The molecule has 0 N–H and O–H groups in total. The van der Waals surface area contributed by atoms with Gasteiger partial charge in [0.1, 0.15) is 0 Å². The van der Waals surface area contributed by atoms with Crippen molar-refractivity contribution in [1.29, 1.82) is 0 Å². The van der Waals surface area contributed by atoms with Crippen LogP contribution < -0.4 is 0 Å². The minimum absolute atomic E-state index is 0.0377. The fraction of sp³-hybridized carbons (Fsp3) is 0.730. The predicted molar refractivity (Wildman–Crippen MR) is 182 cm³/mol. The Hall–Kier alpha value is -2.17. The highest BCUT2D eigenvalue weighted by Gasteiger charge is 2.33. The van der Waals surface area contributed by atoms with Gasteiger partial charge in [0.25, 0.3) is 0 Å². The number of halogens is 1. The molecular weight excluding hydrogens is 527 g/mol. The molecule has 1 fully saturated rings. The fourth-order valence-corrected chi connectivity index (χ4v) is 1.93. The minimum atomic E-state index is -0.361. The second kappa shape index (κ2) is 20.7. The molecule has 0 aromatic carbocycles. The molecule has 0 heterocycles. The predicted octanol–water partition coefficient (Wildman–Crippen LogP) is 11.5. The molecule has 0 aliphatic heterocycles. The van der Waals surface area contributed by atoms with Crippen LogP contribution >= 0.6 is 0 Å². The highest BCUT2D eigenvalue weighted by Crippen LogP contribution is 2.44. The van der Waals surface area contributed by atoms with Crippen molar-refractivity contribution in [3.05, 3.63) is 49.4 Å². The maximum absolute atomic E-state index is 12.0. The van der Waals surface area contributed by atoms with Gasteiger partial charge in [0, 0.05) is 17.6 Å². The van der Waals surface area contributed by atoms with Gasteiger partial charge in [-0.1, -0.05) is 129 Å². The Morgan fingerprint density at radius 3 is 1.19 bits per heavy atom. The van der Waals surface area contributed by atoms with Crippen molar-refractivity contribution in [1.82, 2.24) is 0 Å².